The zero-order chi connectivity index (χ0) is 19.1. The van der Waals surface area contributed by atoms with Gasteiger partial charge in [0.15, 0.2) is 11.9 Å². The number of hydrogen-bond donors (Lipinski definition) is 0. The van der Waals surface area contributed by atoms with Crippen molar-refractivity contribution in [3.8, 4) is 5.88 Å². The number of hydrogen-bond acceptors (Lipinski definition) is 5. The van der Waals surface area contributed by atoms with E-state index in [9.17, 15) is 13.2 Å². The monoisotopic (exact) mass is 371 g/mol. The molecule has 3 rings (SSSR count). The minimum atomic E-state index is -4.56. The van der Waals surface area contributed by atoms with E-state index in [0.717, 1.165) is 6.07 Å². The zero-order valence-electron chi connectivity index (χ0n) is 14.6. The van der Waals surface area contributed by atoms with Crippen LogP contribution in [0, 0.1) is 0 Å². The van der Waals surface area contributed by atoms with Crippen LogP contribution in [0.3, 0.4) is 0 Å². The molecular weight excluding hydrogens is 351 g/mol. The van der Waals surface area contributed by atoms with Gasteiger partial charge >= 0.3 is 6.18 Å². The van der Waals surface area contributed by atoms with Gasteiger partial charge in [0, 0.05) is 6.07 Å². The third-order valence-corrected chi connectivity index (χ3v) is 4.20. The molecule has 0 radical (unpaired) electrons. The highest BCUT2D eigenvalue weighted by Crippen LogP contribution is 2.39. The average molecular weight is 371 g/mol. The van der Waals surface area contributed by atoms with E-state index in [1.165, 1.54) is 12.1 Å². The van der Waals surface area contributed by atoms with Crippen molar-refractivity contribution in [2.45, 2.75) is 63.3 Å². The van der Waals surface area contributed by atoms with Crippen molar-refractivity contribution in [2.24, 2.45) is 0 Å². The molecule has 0 N–H and O–H groups in total. The Morgan fingerprint density at radius 3 is 2.62 bits per heavy atom. The van der Waals surface area contributed by atoms with Crippen LogP contribution in [0.25, 0.3) is 0 Å². The molecule has 1 aromatic rings. The third kappa shape index (κ3) is 3.78. The lowest BCUT2D eigenvalue weighted by Gasteiger charge is -2.39. The molecule has 142 valence electrons. The van der Waals surface area contributed by atoms with Crippen LogP contribution in [0.15, 0.2) is 36.6 Å². The second-order valence-corrected chi connectivity index (χ2v) is 6.68. The molecular formula is C18H20F3NO4. The maximum absolute atomic E-state index is 12.9. The standard InChI is InChI=1S/C18H20F3NO4/c1-5-7-11-15(16-14(10(2)23-11)25-17(3,4)26-16)24-13-9-6-8-12(22-13)18(19,20)21/h6-11,14-16H,1H2,2-4H3/t10-,11-,14+,15+,16+/m1/s1. The Labute approximate surface area is 149 Å². The summed E-state index contributed by atoms with van der Waals surface area (Å²) in [6.07, 6.45) is -5.64. The van der Waals surface area contributed by atoms with Crippen LogP contribution in [-0.2, 0) is 20.4 Å². The normalized spacial score (nSPS) is 33.2. The molecule has 2 aliphatic rings. The van der Waals surface area contributed by atoms with Gasteiger partial charge < -0.3 is 18.9 Å². The summed E-state index contributed by atoms with van der Waals surface area (Å²) in [5.74, 6) is -1.03. The fourth-order valence-electron chi connectivity index (χ4n) is 3.19. The van der Waals surface area contributed by atoms with Gasteiger partial charge in [0.05, 0.1) is 6.10 Å². The summed E-state index contributed by atoms with van der Waals surface area (Å²) in [5.41, 5.74) is 1.60. The minimum absolute atomic E-state index is 0.169. The Bertz CT molecular complexity index is 715. The van der Waals surface area contributed by atoms with Gasteiger partial charge in [0.1, 0.15) is 24.0 Å². The van der Waals surface area contributed by atoms with Gasteiger partial charge in [-0.1, -0.05) is 12.6 Å². The molecule has 0 spiro atoms. The van der Waals surface area contributed by atoms with E-state index in [1.54, 1.807) is 19.9 Å². The summed E-state index contributed by atoms with van der Waals surface area (Å²) < 4.78 is 62.1. The number of ether oxygens (including phenoxy) is 4. The van der Waals surface area contributed by atoms with E-state index in [-0.39, 0.29) is 12.0 Å². The van der Waals surface area contributed by atoms with Crippen molar-refractivity contribution in [3.05, 3.63) is 42.3 Å². The maximum atomic E-state index is 12.9. The van der Waals surface area contributed by atoms with Gasteiger partial charge in [-0.25, -0.2) is 4.98 Å². The van der Waals surface area contributed by atoms with Gasteiger partial charge in [-0.15, -0.1) is 5.73 Å². The number of aromatic nitrogens is 1. The second-order valence-electron chi connectivity index (χ2n) is 6.68. The van der Waals surface area contributed by atoms with Crippen LogP contribution in [-0.4, -0.2) is 41.3 Å². The maximum Gasteiger partial charge on any atom is 0.433 e. The lowest BCUT2D eigenvalue weighted by molar-refractivity contribution is -0.158. The number of pyridine rings is 1. The Morgan fingerprint density at radius 1 is 1.27 bits per heavy atom. The first-order chi connectivity index (χ1) is 12.1. The van der Waals surface area contributed by atoms with Crippen LogP contribution in [0.4, 0.5) is 13.2 Å². The van der Waals surface area contributed by atoms with Gasteiger partial charge in [-0.3, -0.25) is 0 Å². The molecule has 2 fully saturated rings. The Morgan fingerprint density at radius 2 is 1.96 bits per heavy atom. The summed E-state index contributed by atoms with van der Waals surface area (Å²) >= 11 is 0. The third-order valence-electron chi connectivity index (χ3n) is 4.20. The van der Waals surface area contributed by atoms with Crippen molar-refractivity contribution >= 4 is 0 Å². The highest BCUT2D eigenvalue weighted by Gasteiger charge is 2.54. The summed E-state index contributed by atoms with van der Waals surface area (Å²) in [6.45, 7) is 8.89. The summed E-state index contributed by atoms with van der Waals surface area (Å²) in [7, 11) is 0. The molecule has 0 aromatic carbocycles. The fraction of sp³-hybridized carbons (Fsp3) is 0.556. The Balaban J connectivity index is 1.91. The zero-order valence-corrected chi connectivity index (χ0v) is 14.6. The fourth-order valence-corrected chi connectivity index (χ4v) is 3.19. The molecule has 8 heteroatoms. The van der Waals surface area contributed by atoms with Crippen molar-refractivity contribution in [1.82, 2.24) is 4.98 Å². The highest BCUT2D eigenvalue weighted by atomic mass is 19.4. The first kappa shape index (κ1) is 18.9. The van der Waals surface area contributed by atoms with Gasteiger partial charge in [-0.05, 0) is 32.9 Å². The quantitative estimate of drug-likeness (QED) is 0.762. The van der Waals surface area contributed by atoms with Gasteiger partial charge in [0.25, 0.3) is 0 Å². The lowest BCUT2D eigenvalue weighted by atomic mass is 9.95. The molecule has 26 heavy (non-hydrogen) atoms. The average Bonchev–Trinajstić information content (AvgIpc) is 2.87. The van der Waals surface area contributed by atoms with Crippen LogP contribution >= 0.6 is 0 Å². The molecule has 0 saturated carbocycles. The Kier molecular flexibility index (Phi) is 4.88. The van der Waals surface area contributed by atoms with Crippen molar-refractivity contribution < 1.29 is 32.1 Å². The van der Waals surface area contributed by atoms with Gasteiger partial charge in [-0.2, -0.15) is 13.2 Å². The molecule has 0 amide bonds. The summed E-state index contributed by atoms with van der Waals surface area (Å²) in [5, 5.41) is 0. The van der Waals surface area contributed by atoms with E-state index in [0.29, 0.717) is 0 Å². The van der Waals surface area contributed by atoms with Crippen LogP contribution in [0.2, 0.25) is 0 Å². The lowest BCUT2D eigenvalue weighted by Crippen LogP contribution is -2.57. The summed E-state index contributed by atoms with van der Waals surface area (Å²) in [4.78, 5) is 3.55. The highest BCUT2D eigenvalue weighted by molar-refractivity contribution is 5.19. The molecule has 0 bridgehead atoms. The van der Waals surface area contributed by atoms with Gasteiger partial charge in [0.2, 0.25) is 5.88 Å². The number of nitrogens with zero attached hydrogens (tertiary/aromatic N) is 1. The topological polar surface area (TPSA) is 49.8 Å². The number of rotatable bonds is 3. The first-order valence-electron chi connectivity index (χ1n) is 8.19. The van der Waals surface area contributed by atoms with E-state index in [2.05, 4.69) is 17.3 Å². The smallest absolute Gasteiger partial charge is 0.433 e. The van der Waals surface area contributed by atoms with Crippen molar-refractivity contribution in [3.63, 3.8) is 0 Å². The van der Waals surface area contributed by atoms with E-state index >= 15 is 0 Å². The molecule has 5 atom stereocenters. The van der Waals surface area contributed by atoms with Crippen molar-refractivity contribution in [2.75, 3.05) is 0 Å². The molecule has 1 aromatic heterocycles. The van der Waals surface area contributed by atoms with E-state index in [1.807, 2.05) is 6.92 Å². The molecule has 5 nitrogen and oxygen atoms in total. The summed E-state index contributed by atoms with van der Waals surface area (Å²) in [6, 6.07) is 3.48. The molecule has 2 saturated heterocycles. The van der Waals surface area contributed by atoms with E-state index in [4.69, 9.17) is 18.9 Å². The Hall–Kier alpha value is -1.86. The number of halogens is 3. The molecule has 0 aliphatic carbocycles. The largest absolute Gasteiger partial charge is 0.468 e. The SMILES string of the molecule is C=C=C[C@H]1O[C@H](C)[C@@H]2OC(C)(C)O[C@@H]2[C@H]1Oc1cccc(C(F)(F)F)n1. The first-order valence-corrected chi connectivity index (χ1v) is 8.19. The number of fused-ring (bicyclic) bond motifs is 1. The van der Waals surface area contributed by atoms with Crippen LogP contribution in [0.5, 0.6) is 5.88 Å². The van der Waals surface area contributed by atoms with Crippen LogP contribution in [0.1, 0.15) is 26.5 Å². The second kappa shape index (κ2) is 6.70. The predicted molar refractivity (Wildman–Crippen MR) is 85.5 cm³/mol. The molecule has 0 unspecified atom stereocenters. The predicted octanol–water partition coefficient (Wildman–Crippen LogP) is 3.50. The molecule has 2 aliphatic heterocycles. The van der Waals surface area contributed by atoms with Crippen molar-refractivity contribution in [1.29, 1.82) is 0 Å². The van der Waals surface area contributed by atoms with E-state index < -0.39 is 42.1 Å². The number of alkyl halides is 3. The van der Waals surface area contributed by atoms with Crippen LogP contribution < -0.4 is 4.74 Å². The molecule has 3 heterocycles. The minimum Gasteiger partial charge on any atom is -0.468 e.